The molecular weight excluding hydrogens is 336 g/mol. The zero-order valence-corrected chi connectivity index (χ0v) is 15.0. The molecule has 0 radical (unpaired) electrons. The molecule has 7 heteroatoms. The molecule has 2 aromatic heterocycles. The summed E-state index contributed by atoms with van der Waals surface area (Å²) in [7, 11) is 0. The van der Waals surface area contributed by atoms with Crippen LogP contribution in [-0.2, 0) is 16.1 Å². The van der Waals surface area contributed by atoms with Gasteiger partial charge in [-0.15, -0.1) is 11.3 Å². The SMILES string of the molecule is Cc1ncccc1NC(=O)[C@@H]1CC[C@@H]2[C@@H](CCN2Cc2nccs2)O1. The van der Waals surface area contributed by atoms with Crippen molar-refractivity contribution in [2.45, 2.75) is 51.0 Å². The molecule has 2 aromatic rings. The number of ether oxygens (including phenoxy) is 1. The van der Waals surface area contributed by atoms with Crippen LogP contribution in [0.4, 0.5) is 5.69 Å². The van der Waals surface area contributed by atoms with Gasteiger partial charge in [-0.3, -0.25) is 14.7 Å². The van der Waals surface area contributed by atoms with E-state index in [-0.39, 0.29) is 18.1 Å². The van der Waals surface area contributed by atoms with E-state index in [9.17, 15) is 4.79 Å². The number of aryl methyl sites for hydroxylation is 1. The van der Waals surface area contributed by atoms with Gasteiger partial charge in [-0.2, -0.15) is 0 Å². The molecule has 4 rings (SSSR count). The van der Waals surface area contributed by atoms with Gasteiger partial charge in [-0.25, -0.2) is 4.98 Å². The third-order valence-corrected chi connectivity index (χ3v) is 5.81. The number of carbonyl (C=O) groups excluding carboxylic acids is 1. The Labute approximate surface area is 151 Å². The molecule has 0 unspecified atom stereocenters. The molecule has 25 heavy (non-hydrogen) atoms. The maximum atomic E-state index is 12.6. The molecule has 2 aliphatic heterocycles. The molecule has 6 nitrogen and oxygen atoms in total. The predicted octanol–water partition coefficient (Wildman–Crippen LogP) is 2.61. The number of amides is 1. The predicted molar refractivity (Wildman–Crippen MR) is 96.4 cm³/mol. The van der Waals surface area contributed by atoms with E-state index in [2.05, 4.69) is 20.2 Å². The molecule has 2 fully saturated rings. The number of carbonyl (C=O) groups is 1. The molecule has 3 atom stereocenters. The van der Waals surface area contributed by atoms with E-state index in [0.29, 0.717) is 6.04 Å². The Morgan fingerprint density at radius 3 is 3.08 bits per heavy atom. The van der Waals surface area contributed by atoms with E-state index < -0.39 is 0 Å². The van der Waals surface area contributed by atoms with Crippen molar-refractivity contribution < 1.29 is 9.53 Å². The number of thiazole rings is 1. The number of rotatable bonds is 4. The minimum absolute atomic E-state index is 0.0621. The highest BCUT2D eigenvalue weighted by Crippen LogP contribution is 2.33. The number of hydrogen-bond donors (Lipinski definition) is 1. The quantitative estimate of drug-likeness (QED) is 0.910. The molecule has 4 heterocycles. The Kier molecular flexibility index (Phi) is 4.78. The zero-order valence-electron chi connectivity index (χ0n) is 14.2. The standard InChI is InChI=1S/C18H22N4O2S/c1-12-13(3-2-7-19-12)21-18(23)16-5-4-14-15(24-16)6-9-22(14)11-17-20-8-10-25-17/h2-3,7-8,10,14-16H,4-6,9,11H2,1H3,(H,21,23)/t14-,15-,16+/m1/s1. The Bertz CT molecular complexity index is 736. The van der Waals surface area contributed by atoms with Crippen LogP contribution in [-0.4, -0.2) is 45.6 Å². The average Bonchev–Trinajstić information content (AvgIpc) is 3.27. The van der Waals surface area contributed by atoms with Crippen LogP contribution in [0.3, 0.4) is 0 Å². The summed E-state index contributed by atoms with van der Waals surface area (Å²) in [5, 5.41) is 6.12. The summed E-state index contributed by atoms with van der Waals surface area (Å²) in [6, 6.07) is 4.10. The van der Waals surface area contributed by atoms with Gasteiger partial charge >= 0.3 is 0 Å². The highest BCUT2D eigenvalue weighted by atomic mass is 32.1. The molecule has 1 N–H and O–H groups in total. The van der Waals surface area contributed by atoms with E-state index in [1.54, 1.807) is 17.5 Å². The second-order valence-electron chi connectivity index (χ2n) is 6.62. The van der Waals surface area contributed by atoms with Crippen molar-refractivity contribution in [2.75, 3.05) is 11.9 Å². The van der Waals surface area contributed by atoms with Crippen LogP contribution in [0.1, 0.15) is 30.0 Å². The lowest BCUT2D eigenvalue weighted by molar-refractivity contribution is -0.138. The Morgan fingerprint density at radius 1 is 1.36 bits per heavy atom. The number of aromatic nitrogens is 2. The molecule has 2 saturated heterocycles. The fraction of sp³-hybridized carbons (Fsp3) is 0.500. The van der Waals surface area contributed by atoms with Crippen molar-refractivity contribution in [1.82, 2.24) is 14.9 Å². The first-order valence-corrected chi connectivity index (χ1v) is 9.59. The molecule has 0 bridgehead atoms. The van der Waals surface area contributed by atoms with E-state index >= 15 is 0 Å². The van der Waals surface area contributed by atoms with E-state index in [4.69, 9.17) is 4.74 Å². The lowest BCUT2D eigenvalue weighted by Gasteiger charge is -2.35. The average molecular weight is 358 g/mol. The van der Waals surface area contributed by atoms with Crippen LogP contribution < -0.4 is 5.32 Å². The van der Waals surface area contributed by atoms with Gasteiger partial charge in [-0.05, 0) is 38.3 Å². The smallest absolute Gasteiger partial charge is 0.253 e. The van der Waals surface area contributed by atoms with Crippen molar-refractivity contribution in [3.05, 3.63) is 40.6 Å². The lowest BCUT2D eigenvalue weighted by atomic mass is 9.98. The van der Waals surface area contributed by atoms with Crippen LogP contribution >= 0.6 is 11.3 Å². The van der Waals surface area contributed by atoms with Gasteiger partial charge in [0.2, 0.25) is 0 Å². The van der Waals surface area contributed by atoms with Crippen LogP contribution in [0.25, 0.3) is 0 Å². The minimum atomic E-state index is -0.374. The first-order valence-electron chi connectivity index (χ1n) is 8.71. The summed E-state index contributed by atoms with van der Waals surface area (Å²) in [6.07, 6.45) is 6.06. The van der Waals surface area contributed by atoms with Crippen molar-refractivity contribution in [1.29, 1.82) is 0 Å². The van der Waals surface area contributed by atoms with Gasteiger partial charge in [0.05, 0.1) is 24.0 Å². The molecular formula is C18H22N4O2S. The topological polar surface area (TPSA) is 67.4 Å². The van der Waals surface area contributed by atoms with Crippen LogP contribution in [0.5, 0.6) is 0 Å². The van der Waals surface area contributed by atoms with Crippen LogP contribution in [0.2, 0.25) is 0 Å². The van der Waals surface area contributed by atoms with Gasteiger partial charge in [0.25, 0.3) is 5.91 Å². The summed E-state index contributed by atoms with van der Waals surface area (Å²) in [6.45, 7) is 3.78. The van der Waals surface area contributed by atoms with Crippen molar-refractivity contribution in [3.63, 3.8) is 0 Å². The number of fused-ring (bicyclic) bond motifs is 1. The summed E-state index contributed by atoms with van der Waals surface area (Å²) >= 11 is 1.69. The van der Waals surface area contributed by atoms with Crippen molar-refractivity contribution in [3.8, 4) is 0 Å². The molecule has 132 valence electrons. The molecule has 0 spiro atoms. The Balaban J connectivity index is 1.35. The van der Waals surface area contributed by atoms with Crippen LogP contribution in [0, 0.1) is 6.92 Å². The van der Waals surface area contributed by atoms with Gasteiger partial charge in [-0.1, -0.05) is 0 Å². The summed E-state index contributed by atoms with van der Waals surface area (Å²) in [4.78, 5) is 23.6. The summed E-state index contributed by atoms with van der Waals surface area (Å²) in [5.74, 6) is -0.0621. The van der Waals surface area contributed by atoms with Gasteiger partial charge in [0.15, 0.2) is 0 Å². The molecule has 1 amide bonds. The van der Waals surface area contributed by atoms with Crippen molar-refractivity contribution in [2.24, 2.45) is 0 Å². The fourth-order valence-corrected chi connectivity index (χ4v) is 4.38. The number of hydrogen-bond acceptors (Lipinski definition) is 6. The van der Waals surface area contributed by atoms with Gasteiger partial charge in [0, 0.05) is 30.4 Å². The van der Waals surface area contributed by atoms with E-state index in [1.807, 2.05) is 30.6 Å². The summed E-state index contributed by atoms with van der Waals surface area (Å²) < 4.78 is 6.14. The van der Waals surface area contributed by atoms with Crippen LogP contribution in [0.15, 0.2) is 29.9 Å². The number of likely N-dealkylation sites (tertiary alicyclic amines) is 1. The fourth-order valence-electron chi connectivity index (χ4n) is 3.74. The Morgan fingerprint density at radius 2 is 2.28 bits per heavy atom. The summed E-state index contributed by atoms with van der Waals surface area (Å²) in [5.41, 5.74) is 1.58. The van der Waals surface area contributed by atoms with E-state index in [1.165, 1.54) is 0 Å². The Hall–Kier alpha value is -1.83. The monoisotopic (exact) mass is 358 g/mol. The second-order valence-corrected chi connectivity index (χ2v) is 7.60. The maximum absolute atomic E-state index is 12.6. The largest absolute Gasteiger partial charge is 0.363 e. The molecule has 0 aromatic carbocycles. The normalized spacial score (nSPS) is 26.4. The number of nitrogens with one attached hydrogen (secondary N) is 1. The minimum Gasteiger partial charge on any atom is -0.363 e. The maximum Gasteiger partial charge on any atom is 0.253 e. The van der Waals surface area contributed by atoms with Gasteiger partial charge in [0.1, 0.15) is 11.1 Å². The highest BCUT2D eigenvalue weighted by Gasteiger charge is 2.41. The number of nitrogens with zero attached hydrogens (tertiary/aromatic N) is 3. The molecule has 2 aliphatic rings. The third-order valence-electron chi connectivity index (χ3n) is 5.04. The zero-order chi connectivity index (χ0) is 17.2. The first kappa shape index (κ1) is 16.6. The number of pyridine rings is 1. The van der Waals surface area contributed by atoms with E-state index in [0.717, 1.165) is 48.7 Å². The second kappa shape index (κ2) is 7.19. The molecule has 0 saturated carbocycles. The van der Waals surface area contributed by atoms with Gasteiger partial charge < -0.3 is 10.1 Å². The lowest BCUT2D eigenvalue weighted by Crippen LogP contribution is -2.46. The number of anilines is 1. The van der Waals surface area contributed by atoms with Crippen molar-refractivity contribution >= 4 is 22.9 Å². The first-order chi connectivity index (χ1) is 12.2. The highest BCUT2D eigenvalue weighted by molar-refractivity contribution is 7.09. The third kappa shape index (κ3) is 3.58. The molecule has 0 aliphatic carbocycles.